The van der Waals surface area contributed by atoms with E-state index in [-0.39, 0.29) is 17.0 Å². The summed E-state index contributed by atoms with van der Waals surface area (Å²) in [5, 5.41) is 23.4. The molecule has 44 heavy (non-hydrogen) atoms. The van der Waals surface area contributed by atoms with E-state index >= 15 is 0 Å². The first-order valence-corrected chi connectivity index (χ1v) is 16.4. The van der Waals surface area contributed by atoms with Gasteiger partial charge < -0.3 is 41.6 Å². The van der Waals surface area contributed by atoms with Crippen molar-refractivity contribution in [3.63, 3.8) is 0 Å². The van der Waals surface area contributed by atoms with Crippen LogP contribution in [0.1, 0.15) is 76.5 Å². The first-order valence-electron chi connectivity index (χ1n) is 16.0. The summed E-state index contributed by atoms with van der Waals surface area (Å²) in [5.74, 6) is 1.27. The molecule has 0 atom stereocenters. The molecule has 1 aromatic heterocycles. The van der Waals surface area contributed by atoms with Gasteiger partial charge in [0.2, 0.25) is 5.28 Å². The molecule has 0 unspecified atom stereocenters. The van der Waals surface area contributed by atoms with Crippen molar-refractivity contribution in [3.05, 3.63) is 40.8 Å². The van der Waals surface area contributed by atoms with Crippen molar-refractivity contribution in [2.75, 3.05) is 64.8 Å². The minimum Gasteiger partial charge on any atom is -0.504 e. The molecule has 0 amide bonds. The molecular weight excluding hydrogens is 582 g/mol. The summed E-state index contributed by atoms with van der Waals surface area (Å²) in [7, 11) is 1.56. The molecule has 0 aliphatic rings. The molecule has 0 saturated carbocycles. The molecule has 1 heterocycles. The first kappa shape index (κ1) is 39.3. The maximum Gasteiger partial charge on any atom is 0.302 e. The summed E-state index contributed by atoms with van der Waals surface area (Å²) in [6.07, 6.45) is 9.52. The van der Waals surface area contributed by atoms with Crippen LogP contribution in [0.5, 0.6) is 11.5 Å². The van der Waals surface area contributed by atoms with Gasteiger partial charge in [0.05, 0.1) is 13.7 Å². The maximum absolute atomic E-state index is 10.6. The number of hydrogen-bond acceptors (Lipinski definition) is 11. The smallest absolute Gasteiger partial charge is 0.302 e. The predicted molar refractivity (Wildman–Crippen MR) is 180 cm³/mol. The minimum atomic E-state index is -0.209. The molecule has 0 saturated heterocycles. The van der Waals surface area contributed by atoms with Gasteiger partial charge in [-0.1, -0.05) is 19.4 Å². The summed E-state index contributed by atoms with van der Waals surface area (Å²) in [6, 6.07) is 7.36. The number of aromatic hydroxyl groups is 1. The van der Waals surface area contributed by atoms with E-state index in [1.54, 1.807) is 13.2 Å². The number of nitrogens with one attached hydrogen (secondary N) is 4. The fourth-order valence-corrected chi connectivity index (χ4v) is 4.33. The number of carbonyl (C=O) groups is 1. The molecule has 1 aromatic carbocycles. The third-order valence-electron chi connectivity index (χ3n) is 6.59. The van der Waals surface area contributed by atoms with E-state index in [1.807, 2.05) is 25.1 Å². The number of phenolic OH excluding ortho intramolecular Hbond substituents is 1. The largest absolute Gasteiger partial charge is 0.504 e. The Hall–Kier alpha value is -2.70. The Morgan fingerprint density at radius 1 is 0.886 bits per heavy atom. The number of carbonyl (C=O) groups excluding carboxylic acids is 1. The van der Waals surface area contributed by atoms with Crippen molar-refractivity contribution in [1.29, 1.82) is 0 Å². The number of ether oxygens (including phenoxy) is 2. The summed E-state index contributed by atoms with van der Waals surface area (Å²) in [6.45, 7) is 11.6. The Morgan fingerprint density at radius 3 is 2.23 bits per heavy atom. The lowest BCUT2D eigenvalue weighted by molar-refractivity contribution is -0.141. The van der Waals surface area contributed by atoms with Crippen LogP contribution < -0.4 is 31.7 Å². The average molecular weight is 638 g/mol. The van der Waals surface area contributed by atoms with Gasteiger partial charge >= 0.3 is 5.97 Å². The fourth-order valence-electron chi connectivity index (χ4n) is 4.13. The summed E-state index contributed by atoms with van der Waals surface area (Å²) < 4.78 is 9.98. The van der Waals surface area contributed by atoms with E-state index < -0.39 is 0 Å². The first-order chi connectivity index (χ1) is 21.4. The molecule has 2 rings (SSSR count). The number of esters is 1. The van der Waals surface area contributed by atoms with E-state index in [9.17, 15) is 9.90 Å². The molecule has 0 radical (unpaired) electrons. The number of aromatic nitrogens is 2. The molecule has 0 bridgehead atoms. The second-order valence-corrected chi connectivity index (χ2v) is 10.8. The lowest BCUT2D eigenvalue weighted by atomic mass is 10.2. The van der Waals surface area contributed by atoms with E-state index in [1.165, 1.54) is 19.8 Å². The summed E-state index contributed by atoms with van der Waals surface area (Å²) >= 11 is 5.85. The van der Waals surface area contributed by atoms with Crippen molar-refractivity contribution in [2.24, 2.45) is 5.73 Å². The zero-order valence-electron chi connectivity index (χ0n) is 27.1. The fraction of sp³-hybridized carbons (Fsp3) is 0.656. The molecule has 0 spiro atoms. The Balaban J connectivity index is 0.000000447. The van der Waals surface area contributed by atoms with Gasteiger partial charge in [0, 0.05) is 31.8 Å². The molecule has 250 valence electrons. The Kier molecular flexibility index (Phi) is 23.8. The minimum absolute atomic E-state index is 0.181. The van der Waals surface area contributed by atoms with Crippen LogP contribution in [0.15, 0.2) is 24.3 Å². The van der Waals surface area contributed by atoms with Gasteiger partial charge in [-0.3, -0.25) is 4.79 Å². The number of phenols is 1. The summed E-state index contributed by atoms with van der Waals surface area (Å²) in [4.78, 5) is 18.8. The topological polar surface area (TPSA) is 156 Å². The highest BCUT2D eigenvalue weighted by Crippen LogP contribution is 2.26. The van der Waals surface area contributed by atoms with Crippen molar-refractivity contribution >= 4 is 23.4 Å². The van der Waals surface area contributed by atoms with E-state index in [0.717, 1.165) is 114 Å². The SMILES string of the molecule is CCc1cc(NCCCCCCOC(C)=O)nc(Cl)n1.COc1cc(CNCCCNCCCCNCCCN)ccc1O. The van der Waals surface area contributed by atoms with E-state index in [2.05, 4.69) is 31.2 Å². The van der Waals surface area contributed by atoms with Crippen LogP contribution in [0.3, 0.4) is 0 Å². The molecule has 0 aliphatic carbocycles. The highest BCUT2D eigenvalue weighted by molar-refractivity contribution is 6.28. The molecule has 0 fully saturated rings. The quantitative estimate of drug-likeness (QED) is 0.0550. The van der Waals surface area contributed by atoms with Gasteiger partial charge in [-0.2, -0.15) is 0 Å². The van der Waals surface area contributed by atoms with Crippen LogP contribution >= 0.6 is 11.6 Å². The lowest BCUT2D eigenvalue weighted by Gasteiger charge is -2.09. The van der Waals surface area contributed by atoms with Gasteiger partial charge in [-0.05, 0) is 120 Å². The molecule has 11 nitrogen and oxygen atoms in total. The highest BCUT2D eigenvalue weighted by Gasteiger charge is 2.03. The average Bonchev–Trinajstić information content (AvgIpc) is 3.01. The van der Waals surface area contributed by atoms with Gasteiger partial charge in [0.25, 0.3) is 0 Å². The number of unbranched alkanes of at least 4 members (excludes halogenated alkanes) is 4. The standard InChI is InChI=1S/C18H34N4O2.C14H22ClN3O2/c1-24-18-14-16(6-7-17(18)23)15-22-13-5-12-21-10-3-2-9-20-11-4-8-19;1-3-12-10-13(18-14(15)17-12)16-8-6-4-5-7-9-20-11(2)19/h6-7,14,20-23H,2-5,8-13,15,19H2,1H3;10H,3-9H2,1-2H3,(H,16,17,18). The van der Waals surface area contributed by atoms with Crippen molar-refractivity contribution in [3.8, 4) is 11.5 Å². The lowest BCUT2D eigenvalue weighted by Crippen LogP contribution is -2.24. The number of anilines is 1. The second kappa shape index (κ2) is 26.7. The molecule has 12 heteroatoms. The Labute approximate surface area is 269 Å². The number of halogens is 1. The van der Waals surface area contributed by atoms with E-state index in [0.29, 0.717) is 12.4 Å². The predicted octanol–water partition coefficient (Wildman–Crippen LogP) is 4.42. The third-order valence-corrected chi connectivity index (χ3v) is 6.76. The van der Waals surface area contributed by atoms with Crippen LogP contribution in [0, 0.1) is 0 Å². The molecule has 7 N–H and O–H groups in total. The number of hydrogen-bond donors (Lipinski definition) is 6. The van der Waals surface area contributed by atoms with Crippen LogP contribution in [-0.2, 0) is 22.5 Å². The zero-order chi connectivity index (χ0) is 32.3. The van der Waals surface area contributed by atoms with Crippen molar-refractivity contribution in [1.82, 2.24) is 25.9 Å². The number of nitrogens with zero attached hydrogens (tertiary/aromatic N) is 2. The van der Waals surface area contributed by atoms with Gasteiger partial charge in [0.15, 0.2) is 11.5 Å². The van der Waals surface area contributed by atoms with Crippen molar-refractivity contribution in [2.45, 2.75) is 78.2 Å². The number of nitrogens with two attached hydrogens (primary N) is 1. The molecular formula is C32H56ClN7O4. The maximum atomic E-state index is 10.6. The number of rotatable bonds is 24. The summed E-state index contributed by atoms with van der Waals surface area (Å²) in [5.41, 5.74) is 7.49. The van der Waals surface area contributed by atoms with Gasteiger partial charge in [-0.15, -0.1) is 0 Å². The Morgan fingerprint density at radius 2 is 1.55 bits per heavy atom. The zero-order valence-corrected chi connectivity index (χ0v) is 27.8. The van der Waals surface area contributed by atoms with Gasteiger partial charge in [0.1, 0.15) is 5.82 Å². The van der Waals surface area contributed by atoms with Crippen LogP contribution in [0.25, 0.3) is 0 Å². The number of methoxy groups -OCH3 is 1. The van der Waals surface area contributed by atoms with Crippen LogP contribution in [0.4, 0.5) is 5.82 Å². The normalized spacial score (nSPS) is 10.7. The third kappa shape index (κ3) is 21.1. The van der Waals surface area contributed by atoms with Crippen LogP contribution in [0.2, 0.25) is 5.28 Å². The number of benzene rings is 1. The molecule has 2 aromatic rings. The monoisotopic (exact) mass is 637 g/mol. The Bertz CT molecular complexity index is 1020. The second-order valence-electron chi connectivity index (χ2n) is 10.4. The van der Waals surface area contributed by atoms with Crippen molar-refractivity contribution < 1.29 is 19.4 Å². The van der Waals surface area contributed by atoms with Crippen LogP contribution in [-0.4, -0.2) is 80.6 Å². The number of aryl methyl sites for hydroxylation is 1. The van der Waals surface area contributed by atoms with E-state index in [4.69, 9.17) is 26.8 Å². The molecule has 0 aliphatic heterocycles. The highest BCUT2D eigenvalue weighted by atomic mass is 35.5. The van der Waals surface area contributed by atoms with Gasteiger partial charge in [-0.25, -0.2) is 9.97 Å².